The molecule has 0 aliphatic carbocycles. The number of nitrogens with one attached hydrogen (secondary N) is 2. The Morgan fingerprint density at radius 2 is 1.94 bits per heavy atom. The lowest BCUT2D eigenvalue weighted by atomic mass is 10.0. The van der Waals surface area contributed by atoms with Gasteiger partial charge in [-0.2, -0.15) is 0 Å². The molecule has 0 aromatic rings. The highest BCUT2D eigenvalue weighted by atomic mass is 16.4. The number of hydrogen-bond acceptors (Lipinski definition) is 2. The van der Waals surface area contributed by atoms with Gasteiger partial charge in [-0.05, 0) is 12.3 Å². The summed E-state index contributed by atoms with van der Waals surface area (Å²) in [6, 6.07) is -0.604. The average molecular weight is 230 g/mol. The van der Waals surface area contributed by atoms with Gasteiger partial charge in [0, 0.05) is 12.6 Å². The van der Waals surface area contributed by atoms with Gasteiger partial charge in [-0.25, -0.2) is 4.79 Å². The highest BCUT2D eigenvalue weighted by Gasteiger charge is 2.18. The lowest BCUT2D eigenvalue weighted by molar-refractivity contribution is -0.137. The fourth-order valence-corrected chi connectivity index (χ4v) is 1.24. The highest BCUT2D eigenvalue weighted by Crippen LogP contribution is 2.05. The number of hydrogen-bond donors (Lipinski definition) is 3. The van der Waals surface area contributed by atoms with Crippen molar-refractivity contribution < 1.29 is 14.7 Å². The molecule has 94 valence electrons. The Morgan fingerprint density at radius 1 is 1.31 bits per heavy atom. The number of urea groups is 1. The smallest absolute Gasteiger partial charge is 0.315 e. The van der Waals surface area contributed by atoms with Gasteiger partial charge in [-0.15, -0.1) is 0 Å². The van der Waals surface area contributed by atoms with E-state index < -0.39 is 5.97 Å². The van der Waals surface area contributed by atoms with Crippen LogP contribution in [0.5, 0.6) is 0 Å². The second-order valence-electron chi connectivity index (χ2n) is 4.20. The summed E-state index contributed by atoms with van der Waals surface area (Å²) in [5.74, 6) is -0.791. The predicted molar refractivity (Wildman–Crippen MR) is 62.3 cm³/mol. The van der Waals surface area contributed by atoms with E-state index in [1.165, 1.54) is 0 Å². The van der Waals surface area contributed by atoms with Crippen molar-refractivity contribution in [2.45, 2.75) is 46.1 Å². The van der Waals surface area contributed by atoms with E-state index in [1.54, 1.807) is 0 Å². The molecular weight excluding hydrogens is 208 g/mol. The molecule has 0 radical (unpaired) electrons. The number of carbonyl (C=O) groups excluding carboxylic acids is 1. The molecule has 0 aliphatic rings. The van der Waals surface area contributed by atoms with Gasteiger partial charge in [-0.1, -0.05) is 27.2 Å². The Labute approximate surface area is 96.6 Å². The topological polar surface area (TPSA) is 78.4 Å². The summed E-state index contributed by atoms with van der Waals surface area (Å²) in [5.41, 5.74) is 0. The highest BCUT2D eigenvalue weighted by molar-refractivity contribution is 5.75. The number of carbonyl (C=O) groups is 2. The largest absolute Gasteiger partial charge is 0.481 e. The van der Waals surface area contributed by atoms with E-state index in [9.17, 15) is 9.59 Å². The van der Waals surface area contributed by atoms with Crippen molar-refractivity contribution in [3.8, 4) is 0 Å². The molecule has 5 nitrogen and oxygen atoms in total. The summed E-state index contributed by atoms with van der Waals surface area (Å²) in [6.07, 6.45) is 1.90. The van der Waals surface area contributed by atoms with Gasteiger partial charge < -0.3 is 15.7 Å². The average Bonchev–Trinajstić information content (AvgIpc) is 2.16. The van der Waals surface area contributed by atoms with Crippen LogP contribution < -0.4 is 10.6 Å². The number of aliphatic carboxylic acids is 1. The summed E-state index contributed by atoms with van der Waals surface area (Å²) >= 11 is 0. The van der Waals surface area contributed by atoms with E-state index >= 15 is 0 Å². The Hall–Kier alpha value is -1.26. The number of unbranched alkanes of at least 4 members (excludes halogenated alkanes) is 1. The molecule has 0 bridgehead atoms. The maximum atomic E-state index is 11.4. The van der Waals surface area contributed by atoms with Gasteiger partial charge in [-0.3, -0.25) is 4.79 Å². The standard InChI is InChI=1S/C11H22N2O3/c1-4-5-6-12-11(16)13-9(8(2)3)7-10(14)15/h8-9H,4-7H2,1-3H3,(H,14,15)(H2,12,13,16). The van der Waals surface area contributed by atoms with Crippen molar-refractivity contribution >= 4 is 12.0 Å². The lowest BCUT2D eigenvalue weighted by Gasteiger charge is -2.20. The van der Waals surface area contributed by atoms with Crippen LogP contribution in [0.2, 0.25) is 0 Å². The summed E-state index contributed by atoms with van der Waals surface area (Å²) in [5, 5.41) is 14.1. The first-order valence-corrected chi connectivity index (χ1v) is 5.73. The van der Waals surface area contributed by atoms with E-state index in [4.69, 9.17) is 5.11 Å². The van der Waals surface area contributed by atoms with Crippen LogP contribution in [0.15, 0.2) is 0 Å². The van der Waals surface area contributed by atoms with Crippen LogP contribution in [0, 0.1) is 5.92 Å². The molecule has 3 N–H and O–H groups in total. The van der Waals surface area contributed by atoms with Gasteiger partial charge in [0.05, 0.1) is 6.42 Å². The van der Waals surface area contributed by atoms with Gasteiger partial charge in [0.2, 0.25) is 0 Å². The number of carboxylic acid groups (broad SMARTS) is 1. The fourth-order valence-electron chi connectivity index (χ4n) is 1.24. The van der Waals surface area contributed by atoms with Crippen LogP contribution in [-0.2, 0) is 4.79 Å². The molecule has 1 atom stereocenters. The van der Waals surface area contributed by atoms with Crippen molar-refractivity contribution in [1.29, 1.82) is 0 Å². The van der Waals surface area contributed by atoms with Gasteiger partial charge in [0.25, 0.3) is 0 Å². The van der Waals surface area contributed by atoms with Crippen LogP contribution in [0.3, 0.4) is 0 Å². The zero-order valence-electron chi connectivity index (χ0n) is 10.2. The number of amides is 2. The Morgan fingerprint density at radius 3 is 2.38 bits per heavy atom. The van der Waals surface area contributed by atoms with Gasteiger partial charge in [0.1, 0.15) is 0 Å². The summed E-state index contributed by atoms with van der Waals surface area (Å²) in [6.45, 7) is 6.45. The third kappa shape index (κ3) is 7.09. The molecule has 0 saturated carbocycles. The minimum atomic E-state index is -0.896. The van der Waals surface area contributed by atoms with Gasteiger partial charge >= 0.3 is 12.0 Å². The second kappa shape index (κ2) is 7.96. The van der Waals surface area contributed by atoms with Crippen molar-refractivity contribution in [2.24, 2.45) is 5.92 Å². The van der Waals surface area contributed by atoms with E-state index in [1.807, 2.05) is 20.8 Å². The summed E-state index contributed by atoms with van der Waals surface area (Å²) < 4.78 is 0. The van der Waals surface area contributed by atoms with Crippen LogP contribution in [-0.4, -0.2) is 29.7 Å². The summed E-state index contributed by atoms with van der Waals surface area (Å²) in [4.78, 5) is 22.0. The molecule has 16 heavy (non-hydrogen) atoms. The number of rotatable bonds is 7. The molecule has 0 aliphatic heterocycles. The molecule has 0 spiro atoms. The van der Waals surface area contributed by atoms with Crippen molar-refractivity contribution in [1.82, 2.24) is 10.6 Å². The molecule has 0 aromatic heterocycles. The lowest BCUT2D eigenvalue weighted by Crippen LogP contribution is -2.45. The monoisotopic (exact) mass is 230 g/mol. The van der Waals surface area contributed by atoms with Crippen molar-refractivity contribution in [2.75, 3.05) is 6.54 Å². The molecule has 0 rings (SSSR count). The predicted octanol–water partition coefficient (Wildman–Crippen LogP) is 1.58. The molecule has 2 amide bonds. The first-order valence-electron chi connectivity index (χ1n) is 5.73. The van der Waals surface area contributed by atoms with E-state index in [0.29, 0.717) is 6.54 Å². The molecular formula is C11H22N2O3. The normalized spacial score (nSPS) is 12.2. The molecule has 0 saturated heterocycles. The van der Waals surface area contributed by atoms with Crippen molar-refractivity contribution in [3.63, 3.8) is 0 Å². The van der Waals surface area contributed by atoms with Crippen LogP contribution in [0.1, 0.15) is 40.0 Å². The summed E-state index contributed by atoms with van der Waals surface area (Å²) in [7, 11) is 0. The zero-order chi connectivity index (χ0) is 12.6. The second-order valence-corrected chi connectivity index (χ2v) is 4.20. The van der Waals surface area contributed by atoms with Crippen molar-refractivity contribution in [3.05, 3.63) is 0 Å². The number of carboxylic acids is 1. The quantitative estimate of drug-likeness (QED) is 0.581. The van der Waals surface area contributed by atoms with Crippen LogP contribution in [0.25, 0.3) is 0 Å². The Kier molecular flexibility index (Phi) is 7.33. The third-order valence-corrected chi connectivity index (χ3v) is 2.33. The molecule has 0 aromatic carbocycles. The SMILES string of the molecule is CCCCNC(=O)NC(CC(=O)O)C(C)C. The minimum Gasteiger partial charge on any atom is -0.481 e. The minimum absolute atomic E-state index is 0.0428. The fraction of sp³-hybridized carbons (Fsp3) is 0.818. The third-order valence-electron chi connectivity index (χ3n) is 2.33. The molecule has 0 fully saturated rings. The van der Waals surface area contributed by atoms with E-state index in [2.05, 4.69) is 10.6 Å². The van der Waals surface area contributed by atoms with Crippen LogP contribution >= 0.6 is 0 Å². The molecule has 5 heteroatoms. The maximum Gasteiger partial charge on any atom is 0.315 e. The molecule has 0 heterocycles. The van der Waals surface area contributed by atoms with Gasteiger partial charge in [0.15, 0.2) is 0 Å². The molecule has 1 unspecified atom stereocenters. The first-order chi connectivity index (χ1) is 7.47. The van der Waals surface area contributed by atoms with E-state index in [-0.39, 0.29) is 24.4 Å². The Balaban J connectivity index is 3.98. The van der Waals surface area contributed by atoms with Crippen LogP contribution in [0.4, 0.5) is 4.79 Å². The Bertz CT molecular complexity index is 229. The maximum absolute atomic E-state index is 11.4. The first kappa shape index (κ1) is 14.7. The zero-order valence-corrected chi connectivity index (χ0v) is 10.2. The van der Waals surface area contributed by atoms with E-state index in [0.717, 1.165) is 12.8 Å².